The molecule has 0 radical (unpaired) electrons. The van der Waals surface area contributed by atoms with E-state index in [0.29, 0.717) is 19.8 Å². The number of nitrogens with zero attached hydrogens (tertiary/aromatic N) is 1. The lowest BCUT2D eigenvalue weighted by Crippen LogP contribution is -2.46. The number of hydrogen-bond donors (Lipinski definition) is 2. The van der Waals surface area contributed by atoms with E-state index in [4.69, 9.17) is 4.74 Å². The summed E-state index contributed by atoms with van der Waals surface area (Å²) in [4.78, 5) is 2.07. The molecule has 1 saturated carbocycles. The first kappa shape index (κ1) is 16.4. The van der Waals surface area contributed by atoms with Gasteiger partial charge in [-0.1, -0.05) is 43.2 Å². The van der Waals surface area contributed by atoms with Gasteiger partial charge in [0.2, 0.25) is 0 Å². The van der Waals surface area contributed by atoms with Crippen molar-refractivity contribution >= 4 is 0 Å². The molecule has 0 bridgehead atoms. The Hall–Kier alpha value is -0.940. The van der Waals surface area contributed by atoms with Crippen molar-refractivity contribution in [3.05, 3.63) is 35.9 Å². The zero-order valence-corrected chi connectivity index (χ0v) is 12.8. The lowest BCUT2D eigenvalue weighted by Gasteiger charge is -2.36. The molecule has 1 aliphatic carbocycles. The van der Waals surface area contributed by atoms with Gasteiger partial charge in [-0.25, -0.2) is 0 Å². The van der Waals surface area contributed by atoms with E-state index < -0.39 is 6.10 Å². The Labute approximate surface area is 127 Å². The second-order valence-electron chi connectivity index (χ2n) is 6.01. The van der Waals surface area contributed by atoms with Crippen LogP contribution < -0.4 is 0 Å². The van der Waals surface area contributed by atoms with Gasteiger partial charge in [0.25, 0.3) is 0 Å². The van der Waals surface area contributed by atoms with Gasteiger partial charge in [0.1, 0.15) is 0 Å². The molecule has 2 N–H and O–H groups in total. The summed E-state index contributed by atoms with van der Waals surface area (Å²) < 4.78 is 5.56. The standard InChI is InChI=1S/C17H27NO3/c1-18(16-9-5-6-10-17(16)20)11-15(19)13-21-12-14-7-3-2-4-8-14/h2-4,7-8,15-17,19-20H,5-6,9-13H2,1H3. The molecular weight excluding hydrogens is 266 g/mol. The van der Waals surface area contributed by atoms with Gasteiger partial charge >= 0.3 is 0 Å². The maximum absolute atomic E-state index is 10.1. The minimum Gasteiger partial charge on any atom is -0.391 e. The molecule has 3 unspecified atom stereocenters. The van der Waals surface area contributed by atoms with Gasteiger partial charge in [-0.3, -0.25) is 4.90 Å². The summed E-state index contributed by atoms with van der Waals surface area (Å²) >= 11 is 0. The van der Waals surface area contributed by atoms with Crippen LogP contribution in [0.3, 0.4) is 0 Å². The highest BCUT2D eigenvalue weighted by molar-refractivity contribution is 5.13. The van der Waals surface area contributed by atoms with Crippen LogP contribution in [0.25, 0.3) is 0 Å². The van der Waals surface area contributed by atoms with Crippen LogP contribution in [0.15, 0.2) is 30.3 Å². The first-order valence-corrected chi connectivity index (χ1v) is 7.85. The van der Waals surface area contributed by atoms with Gasteiger partial charge in [-0.15, -0.1) is 0 Å². The van der Waals surface area contributed by atoms with E-state index in [-0.39, 0.29) is 12.1 Å². The molecular formula is C17H27NO3. The third-order valence-corrected chi connectivity index (χ3v) is 4.18. The molecule has 1 aromatic carbocycles. The topological polar surface area (TPSA) is 52.9 Å². The normalized spacial score (nSPS) is 24.2. The fourth-order valence-corrected chi connectivity index (χ4v) is 3.01. The fourth-order valence-electron chi connectivity index (χ4n) is 3.01. The van der Waals surface area contributed by atoms with E-state index in [0.717, 1.165) is 31.2 Å². The van der Waals surface area contributed by atoms with Crippen molar-refractivity contribution in [2.24, 2.45) is 0 Å². The van der Waals surface area contributed by atoms with Gasteiger partial charge in [-0.2, -0.15) is 0 Å². The lowest BCUT2D eigenvalue weighted by atomic mass is 9.91. The van der Waals surface area contributed by atoms with Crippen LogP contribution in [0.2, 0.25) is 0 Å². The van der Waals surface area contributed by atoms with E-state index in [2.05, 4.69) is 4.90 Å². The monoisotopic (exact) mass is 293 g/mol. The van der Waals surface area contributed by atoms with E-state index in [1.54, 1.807) is 0 Å². The summed E-state index contributed by atoms with van der Waals surface area (Å²) in [7, 11) is 1.97. The van der Waals surface area contributed by atoms with E-state index >= 15 is 0 Å². The SMILES string of the molecule is CN(CC(O)COCc1ccccc1)C1CCCCC1O. The Kier molecular flexibility index (Phi) is 6.64. The van der Waals surface area contributed by atoms with Crippen molar-refractivity contribution in [3.63, 3.8) is 0 Å². The number of aliphatic hydroxyl groups excluding tert-OH is 2. The smallest absolute Gasteiger partial charge is 0.0900 e. The predicted molar refractivity (Wildman–Crippen MR) is 83.0 cm³/mol. The van der Waals surface area contributed by atoms with Gasteiger partial charge in [0.15, 0.2) is 0 Å². The highest BCUT2D eigenvalue weighted by Crippen LogP contribution is 2.22. The molecule has 3 atom stereocenters. The molecule has 2 rings (SSSR count). The highest BCUT2D eigenvalue weighted by Gasteiger charge is 2.27. The molecule has 0 saturated heterocycles. The maximum Gasteiger partial charge on any atom is 0.0900 e. The molecule has 0 amide bonds. The first-order chi connectivity index (χ1) is 10.2. The Morgan fingerprint density at radius 1 is 1.24 bits per heavy atom. The Bertz CT molecular complexity index is 398. The van der Waals surface area contributed by atoms with Gasteiger partial charge < -0.3 is 14.9 Å². The van der Waals surface area contributed by atoms with Crippen molar-refractivity contribution in [2.45, 2.75) is 50.5 Å². The minimum absolute atomic E-state index is 0.169. The van der Waals surface area contributed by atoms with Crippen LogP contribution in [-0.2, 0) is 11.3 Å². The van der Waals surface area contributed by atoms with Crippen LogP contribution in [0.1, 0.15) is 31.2 Å². The number of aliphatic hydroxyl groups is 2. The zero-order valence-electron chi connectivity index (χ0n) is 12.8. The van der Waals surface area contributed by atoms with Crippen molar-refractivity contribution in [1.82, 2.24) is 4.90 Å². The third-order valence-electron chi connectivity index (χ3n) is 4.18. The average Bonchev–Trinajstić information content (AvgIpc) is 2.48. The second-order valence-corrected chi connectivity index (χ2v) is 6.01. The van der Waals surface area contributed by atoms with Gasteiger partial charge in [0.05, 0.1) is 25.4 Å². The van der Waals surface area contributed by atoms with Crippen molar-refractivity contribution in [3.8, 4) is 0 Å². The Morgan fingerprint density at radius 3 is 2.67 bits per heavy atom. The molecule has 118 valence electrons. The number of ether oxygens (including phenoxy) is 1. The number of rotatable bonds is 7. The van der Waals surface area contributed by atoms with Gasteiger partial charge in [0, 0.05) is 12.6 Å². The molecule has 0 aromatic heterocycles. The molecule has 0 spiro atoms. The number of benzene rings is 1. The minimum atomic E-state index is -0.521. The maximum atomic E-state index is 10.1. The van der Waals surface area contributed by atoms with Crippen LogP contribution in [0.4, 0.5) is 0 Å². The van der Waals surface area contributed by atoms with E-state index in [1.165, 1.54) is 0 Å². The molecule has 1 fully saturated rings. The van der Waals surface area contributed by atoms with Crippen LogP contribution in [-0.4, -0.2) is 53.6 Å². The molecule has 4 nitrogen and oxygen atoms in total. The molecule has 21 heavy (non-hydrogen) atoms. The summed E-state index contributed by atoms with van der Waals surface area (Å²) in [6, 6.07) is 10.1. The summed E-state index contributed by atoms with van der Waals surface area (Å²) in [5.74, 6) is 0. The van der Waals surface area contributed by atoms with Crippen molar-refractivity contribution in [2.75, 3.05) is 20.2 Å². The average molecular weight is 293 g/mol. The van der Waals surface area contributed by atoms with Crippen LogP contribution in [0.5, 0.6) is 0 Å². The number of hydrogen-bond acceptors (Lipinski definition) is 4. The largest absolute Gasteiger partial charge is 0.391 e. The molecule has 0 heterocycles. The van der Waals surface area contributed by atoms with E-state index in [1.807, 2.05) is 37.4 Å². The molecule has 1 aliphatic rings. The summed E-state index contributed by atoms with van der Waals surface area (Å²) in [5.41, 5.74) is 1.11. The fraction of sp³-hybridized carbons (Fsp3) is 0.647. The zero-order chi connectivity index (χ0) is 15.1. The summed E-state index contributed by atoms with van der Waals surface area (Å²) in [6.45, 7) is 1.38. The molecule has 4 heteroatoms. The van der Waals surface area contributed by atoms with Crippen molar-refractivity contribution in [1.29, 1.82) is 0 Å². The lowest BCUT2D eigenvalue weighted by molar-refractivity contribution is -0.0187. The van der Waals surface area contributed by atoms with Gasteiger partial charge in [-0.05, 0) is 25.5 Å². The number of likely N-dealkylation sites (N-methyl/N-ethyl adjacent to an activating group) is 1. The van der Waals surface area contributed by atoms with E-state index in [9.17, 15) is 10.2 Å². The summed E-state index contributed by atoms with van der Waals surface area (Å²) in [5, 5.41) is 20.1. The highest BCUT2D eigenvalue weighted by atomic mass is 16.5. The Balaban J connectivity index is 1.67. The third kappa shape index (κ3) is 5.40. The molecule has 0 aliphatic heterocycles. The van der Waals surface area contributed by atoms with Crippen LogP contribution in [0, 0.1) is 0 Å². The Morgan fingerprint density at radius 2 is 1.95 bits per heavy atom. The predicted octanol–water partition coefficient (Wildman–Crippen LogP) is 1.80. The quantitative estimate of drug-likeness (QED) is 0.805. The summed E-state index contributed by atoms with van der Waals surface area (Å²) in [6.07, 6.45) is 3.36. The second kappa shape index (κ2) is 8.49. The van der Waals surface area contributed by atoms with Crippen molar-refractivity contribution < 1.29 is 14.9 Å². The molecule has 1 aromatic rings. The van der Waals surface area contributed by atoms with Crippen LogP contribution >= 0.6 is 0 Å². The first-order valence-electron chi connectivity index (χ1n) is 7.85.